The van der Waals surface area contributed by atoms with Crippen LogP contribution < -0.4 is 4.74 Å². The van der Waals surface area contributed by atoms with Crippen molar-refractivity contribution >= 4 is 17.1 Å². The van der Waals surface area contributed by atoms with E-state index in [-0.39, 0.29) is 11.6 Å². The molecule has 0 spiro atoms. The molecule has 0 saturated carbocycles. The summed E-state index contributed by atoms with van der Waals surface area (Å²) < 4.78 is 5.13. The fraction of sp³-hybridized carbons (Fsp3) is 0.200. The molecule has 0 fully saturated rings. The van der Waals surface area contributed by atoms with Gasteiger partial charge < -0.3 is 4.74 Å². The summed E-state index contributed by atoms with van der Waals surface area (Å²) in [5, 5.41) is 0. The SMILES string of the molecule is COc1ccc(C2=CC(=O)[C@](C)(Cc3ccccc3)C2=O)cc1. The number of ketones is 2. The minimum Gasteiger partial charge on any atom is -0.497 e. The van der Waals surface area contributed by atoms with Crippen LogP contribution in [0.3, 0.4) is 0 Å². The van der Waals surface area contributed by atoms with Crippen molar-refractivity contribution in [3.05, 3.63) is 71.8 Å². The second-order valence-corrected chi connectivity index (χ2v) is 5.97. The Morgan fingerprint density at radius 3 is 2.22 bits per heavy atom. The maximum Gasteiger partial charge on any atom is 0.177 e. The molecule has 0 N–H and O–H groups in total. The Balaban J connectivity index is 1.89. The van der Waals surface area contributed by atoms with Crippen molar-refractivity contribution in [2.75, 3.05) is 7.11 Å². The molecule has 0 aromatic heterocycles. The Morgan fingerprint density at radius 2 is 1.61 bits per heavy atom. The summed E-state index contributed by atoms with van der Waals surface area (Å²) >= 11 is 0. The van der Waals surface area contributed by atoms with Crippen LogP contribution in [0.5, 0.6) is 5.75 Å². The number of hydrogen-bond donors (Lipinski definition) is 0. The van der Waals surface area contributed by atoms with Gasteiger partial charge in [0.25, 0.3) is 0 Å². The normalized spacial score (nSPS) is 20.5. The molecule has 1 atom stereocenters. The van der Waals surface area contributed by atoms with Crippen molar-refractivity contribution < 1.29 is 14.3 Å². The summed E-state index contributed by atoms with van der Waals surface area (Å²) in [6.07, 6.45) is 1.90. The van der Waals surface area contributed by atoms with E-state index >= 15 is 0 Å². The van der Waals surface area contributed by atoms with Gasteiger partial charge in [0.05, 0.1) is 12.5 Å². The molecule has 3 heteroatoms. The Hall–Kier alpha value is -2.68. The van der Waals surface area contributed by atoms with Crippen molar-refractivity contribution in [2.24, 2.45) is 5.41 Å². The van der Waals surface area contributed by atoms with E-state index in [1.807, 2.05) is 42.5 Å². The van der Waals surface area contributed by atoms with Crippen LogP contribution in [0.2, 0.25) is 0 Å². The minimum absolute atomic E-state index is 0.114. The quantitative estimate of drug-likeness (QED) is 0.812. The van der Waals surface area contributed by atoms with Gasteiger partial charge in [-0.2, -0.15) is 0 Å². The largest absolute Gasteiger partial charge is 0.497 e. The molecule has 2 aromatic carbocycles. The summed E-state index contributed by atoms with van der Waals surface area (Å²) in [6, 6.07) is 16.8. The molecule has 0 unspecified atom stereocenters. The van der Waals surface area contributed by atoms with Crippen molar-refractivity contribution in [3.8, 4) is 5.75 Å². The highest BCUT2D eigenvalue weighted by molar-refractivity contribution is 6.39. The maximum atomic E-state index is 12.9. The van der Waals surface area contributed by atoms with Crippen molar-refractivity contribution in [2.45, 2.75) is 13.3 Å². The zero-order valence-electron chi connectivity index (χ0n) is 13.2. The minimum atomic E-state index is -1.02. The number of rotatable bonds is 4. The lowest BCUT2D eigenvalue weighted by Gasteiger charge is -2.21. The number of hydrogen-bond acceptors (Lipinski definition) is 3. The fourth-order valence-corrected chi connectivity index (χ4v) is 2.92. The number of carbonyl (C=O) groups excluding carboxylic acids is 2. The molecule has 1 aliphatic carbocycles. The molecule has 0 aliphatic heterocycles. The second-order valence-electron chi connectivity index (χ2n) is 5.97. The van der Waals surface area contributed by atoms with E-state index in [0.29, 0.717) is 12.0 Å². The number of methoxy groups -OCH3 is 1. The van der Waals surface area contributed by atoms with Gasteiger partial charge in [-0.25, -0.2) is 0 Å². The molecule has 3 rings (SSSR count). The average Bonchev–Trinajstić information content (AvgIpc) is 2.80. The van der Waals surface area contributed by atoms with Gasteiger partial charge in [0, 0.05) is 5.57 Å². The van der Waals surface area contributed by atoms with Crippen LogP contribution >= 0.6 is 0 Å². The van der Waals surface area contributed by atoms with E-state index in [1.54, 1.807) is 26.2 Å². The third-order valence-electron chi connectivity index (χ3n) is 4.37. The standard InChI is InChI=1S/C20H18O3/c1-20(13-14-6-4-3-5-7-14)18(21)12-17(19(20)22)15-8-10-16(23-2)11-9-15/h3-12H,13H2,1-2H3/t20-/m0/s1. The molecule has 0 amide bonds. The van der Waals surface area contributed by atoms with Crippen LogP contribution in [0.1, 0.15) is 18.1 Å². The lowest BCUT2D eigenvalue weighted by molar-refractivity contribution is -0.131. The molecule has 1 aliphatic rings. The van der Waals surface area contributed by atoms with Crippen LogP contribution in [-0.2, 0) is 16.0 Å². The fourth-order valence-electron chi connectivity index (χ4n) is 2.92. The first-order valence-electron chi connectivity index (χ1n) is 7.54. The van der Waals surface area contributed by atoms with Crippen LogP contribution in [-0.4, -0.2) is 18.7 Å². The predicted octanol–water partition coefficient (Wildman–Crippen LogP) is 3.48. The van der Waals surface area contributed by atoms with E-state index in [9.17, 15) is 9.59 Å². The molecule has 0 radical (unpaired) electrons. The Kier molecular flexibility index (Phi) is 3.87. The highest BCUT2D eigenvalue weighted by atomic mass is 16.5. The molecule has 0 heterocycles. The molecular formula is C20H18O3. The number of carbonyl (C=O) groups is 2. The van der Waals surface area contributed by atoms with E-state index in [2.05, 4.69) is 0 Å². The Labute approximate surface area is 135 Å². The smallest absolute Gasteiger partial charge is 0.177 e. The summed E-state index contributed by atoms with van der Waals surface area (Å²) in [5.74, 6) is 0.479. The van der Waals surface area contributed by atoms with Crippen molar-refractivity contribution in [1.29, 1.82) is 0 Å². The first kappa shape index (κ1) is 15.2. The summed E-state index contributed by atoms with van der Waals surface area (Å²) in [7, 11) is 1.59. The molecule has 0 saturated heterocycles. The molecule has 0 bridgehead atoms. The highest BCUT2D eigenvalue weighted by Gasteiger charge is 2.46. The van der Waals surface area contributed by atoms with E-state index in [0.717, 1.165) is 16.9 Å². The van der Waals surface area contributed by atoms with Crippen molar-refractivity contribution in [1.82, 2.24) is 0 Å². The lowest BCUT2D eigenvalue weighted by atomic mass is 9.78. The van der Waals surface area contributed by atoms with Gasteiger partial charge in [0.2, 0.25) is 0 Å². The Bertz CT molecular complexity index is 772. The van der Waals surface area contributed by atoms with Crippen LogP contribution in [0, 0.1) is 5.41 Å². The topological polar surface area (TPSA) is 43.4 Å². The van der Waals surface area contributed by atoms with Crippen LogP contribution in [0.25, 0.3) is 5.57 Å². The maximum absolute atomic E-state index is 12.9. The van der Waals surface area contributed by atoms with Crippen LogP contribution in [0.4, 0.5) is 0 Å². The number of benzene rings is 2. The van der Waals surface area contributed by atoms with Gasteiger partial charge in [0.15, 0.2) is 11.6 Å². The summed E-state index contributed by atoms with van der Waals surface area (Å²) in [5.41, 5.74) is 1.20. The van der Waals surface area contributed by atoms with E-state index < -0.39 is 5.41 Å². The Morgan fingerprint density at radius 1 is 0.957 bits per heavy atom. The molecule has 2 aromatic rings. The van der Waals surface area contributed by atoms with Gasteiger partial charge >= 0.3 is 0 Å². The third-order valence-corrected chi connectivity index (χ3v) is 4.37. The van der Waals surface area contributed by atoms with E-state index in [1.165, 1.54) is 6.08 Å². The van der Waals surface area contributed by atoms with Crippen LogP contribution in [0.15, 0.2) is 60.7 Å². The summed E-state index contributed by atoms with van der Waals surface area (Å²) in [6.45, 7) is 1.73. The first-order valence-corrected chi connectivity index (χ1v) is 7.54. The number of allylic oxidation sites excluding steroid dienone is 2. The monoisotopic (exact) mass is 306 g/mol. The highest BCUT2D eigenvalue weighted by Crippen LogP contribution is 2.38. The predicted molar refractivity (Wildman–Crippen MR) is 89.2 cm³/mol. The molecule has 3 nitrogen and oxygen atoms in total. The number of ether oxygens (including phenoxy) is 1. The van der Waals surface area contributed by atoms with Gasteiger partial charge in [-0.05, 0) is 42.7 Å². The van der Waals surface area contributed by atoms with Crippen molar-refractivity contribution in [3.63, 3.8) is 0 Å². The van der Waals surface area contributed by atoms with Gasteiger partial charge in [-0.3, -0.25) is 9.59 Å². The zero-order chi connectivity index (χ0) is 16.4. The van der Waals surface area contributed by atoms with E-state index in [4.69, 9.17) is 4.74 Å². The molecule has 116 valence electrons. The number of Topliss-reactive ketones (excluding diaryl/α,β-unsaturated/α-hetero) is 1. The average molecular weight is 306 g/mol. The van der Waals surface area contributed by atoms with Gasteiger partial charge in [-0.1, -0.05) is 42.5 Å². The van der Waals surface area contributed by atoms with Gasteiger partial charge in [-0.15, -0.1) is 0 Å². The third kappa shape index (κ3) is 2.70. The first-order chi connectivity index (χ1) is 11.0. The molecule has 23 heavy (non-hydrogen) atoms. The molecular weight excluding hydrogens is 288 g/mol. The lowest BCUT2D eigenvalue weighted by Crippen LogP contribution is -2.33. The summed E-state index contributed by atoms with van der Waals surface area (Å²) in [4.78, 5) is 25.4. The second kappa shape index (κ2) is 5.84. The zero-order valence-corrected chi connectivity index (χ0v) is 13.2. The van der Waals surface area contributed by atoms with Gasteiger partial charge in [0.1, 0.15) is 5.75 Å².